The van der Waals surface area contributed by atoms with Gasteiger partial charge in [0.2, 0.25) is 5.78 Å². The van der Waals surface area contributed by atoms with Gasteiger partial charge in [0, 0.05) is 5.56 Å². The summed E-state index contributed by atoms with van der Waals surface area (Å²) < 4.78 is 43.3. The van der Waals surface area contributed by atoms with Gasteiger partial charge in [0.25, 0.3) is 6.29 Å². The number of alkyl halides is 3. The summed E-state index contributed by atoms with van der Waals surface area (Å²) in [6, 6.07) is 9.48. The molecule has 2 aromatic rings. The molecule has 2 rings (SSSR count). The number of halogens is 3. The molecule has 0 radical (unpaired) electrons. The van der Waals surface area contributed by atoms with E-state index in [2.05, 4.69) is 4.84 Å². The molecule has 1 N–H and O–H groups in total. The Balaban J connectivity index is 2.21. The number of aliphatic hydroxyl groups excluding tert-OH is 1. The zero-order chi connectivity index (χ0) is 17.7. The number of aliphatic hydroxyl groups is 1. The number of ether oxygens (including phenoxy) is 1. The van der Waals surface area contributed by atoms with Crippen molar-refractivity contribution in [1.29, 1.82) is 0 Å². The van der Waals surface area contributed by atoms with E-state index in [4.69, 9.17) is 4.74 Å². The lowest BCUT2D eigenvalue weighted by Gasteiger charge is -2.11. The van der Waals surface area contributed by atoms with Crippen LogP contribution in [-0.2, 0) is 11.0 Å². The van der Waals surface area contributed by atoms with E-state index in [0.717, 1.165) is 12.1 Å². The minimum absolute atomic E-state index is 0.0615. The maximum absolute atomic E-state index is 12.7. The van der Waals surface area contributed by atoms with Gasteiger partial charge in [-0.2, -0.15) is 13.2 Å². The number of ketones is 1. The molecule has 0 amide bonds. The molecule has 0 aliphatic carbocycles. The Morgan fingerprint density at radius 3 is 2.33 bits per heavy atom. The fourth-order valence-corrected chi connectivity index (χ4v) is 1.82. The zero-order valence-corrected chi connectivity index (χ0v) is 11.9. The summed E-state index contributed by atoms with van der Waals surface area (Å²) in [5.41, 5.74) is -0.955. The van der Waals surface area contributed by atoms with Crippen LogP contribution in [0.2, 0.25) is 0 Å². The summed E-state index contributed by atoms with van der Waals surface area (Å²) in [6.07, 6.45) is -6.59. The molecule has 1 atom stereocenters. The molecule has 0 saturated heterocycles. The van der Waals surface area contributed by atoms with E-state index in [0.29, 0.717) is 0 Å². The maximum atomic E-state index is 12.7. The van der Waals surface area contributed by atoms with Crippen LogP contribution in [0.3, 0.4) is 0 Å². The van der Waals surface area contributed by atoms with Crippen LogP contribution < -0.4 is 4.74 Å². The Labute approximate surface area is 133 Å². The van der Waals surface area contributed by atoms with E-state index >= 15 is 0 Å². The van der Waals surface area contributed by atoms with Crippen molar-refractivity contribution >= 4 is 5.78 Å². The molecule has 6 nitrogen and oxygen atoms in total. The highest BCUT2D eigenvalue weighted by Crippen LogP contribution is 2.32. The quantitative estimate of drug-likeness (QED) is 0.375. The molecule has 0 bridgehead atoms. The van der Waals surface area contributed by atoms with Crippen molar-refractivity contribution in [2.24, 2.45) is 5.34 Å². The largest absolute Gasteiger partial charge is 0.457 e. The van der Waals surface area contributed by atoms with Crippen LogP contribution in [0.5, 0.6) is 11.5 Å². The van der Waals surface area contributed by atoms with Crippen molar-refractivity contribution in [3.05, 3.63) is 64.6 Å². The third kappa shape index (κ3) is 4.29. The zero-order valence-electron chi connectivity index (χ0n) is 11.9. The Kier molecular flexibility index (Phi) is 5.14. The van der Waals surface area contributed by atoms with E-state index in [9.17, 15) is 28.0 Å². The van der Waals surface area contributed by atoms with E-state index in [-0.39, 0.29) is 17.1 Å². The lowest BCUT2D eigenvalue weighted by Crippen LogP contribution is -2.21. The van der Waals surface area contributed by atoms with E-state index < -0.39 is 23.8 Å². The number of rotatable bonds is 6. The summed E-state index contributed by atoms with van der Waals surface area (Å²) in [5.74, 6) is -0.976. The highest BCUT2D eigenvalue weighted by molar-refractivity contribution is 5.98. The van der Waals surface area contributed by atoms with Gasteiger partial charge in [0.05, 0.1) is 5.56 Å². The van der Waals surface area contributed by atoms with Gasteiger partial charge in [-0.05, 0) is 30.3 Å². The van der Waals surface area contributed by atoms with Gasteiger partial charge in [-0.25, -0.2) is 0 Å². The van der Waals surface area contributed by atoms with Gasteiger partial charge in [-0.15, -0.1) is 4.91 Å². The third-order valence-corrected chi connectivity index (χ3v) is 2.88. The van der Waals surface area contributed by atoms with E-state index in [1.807, 2.05) is 5.34 Å². The normalized spacial score (nSPS) is 12.3. The second-order valence-corrected chi connectivity index (χ2v) is 4.55. The average Bonchev–Trinajstić information content (AvgIpc) is 2.54. The lowest BCUT2D eigenvalue weighted by atomic mass is 10.1. The Hall–Kier alpha value is -2.94. The van der Waals surface area contributed by atoms with Crippen LogP contribution in [0.1, 0.15) is 15.9 Å². The van der Waals surface area contributed by atoms with Crippen molar-refractivity contribution < 1.29 is 32.6 Å². The van der Waals surface area contributed by atoms with Gasteiger partial charge >= 0.3 is 6.18 Å². The molecule has 0 heterocycles. The minimum atomic E-state index is -4.51. The predicted octanol–water partition coefficient (Wildman–Crippen LogP) is 3.70. The second kappa shape index (κ2) is 7.09. The fraction of sp³-hybridized carbons (Fsp3) is 0.133. The number of carbonyl (C=O) groups excluding carboxylic acids is 1. The maximum Gasteiger partial charge on any atom is 0.416 e. The first-order valence-corrected chi connectivity index (χ1v) is 6.47. The smallest absolute Gasteiger partial charge is 0.416 e. The van der Waals surface area contributed by atoms with E-state index in [1.54, 1.807) is 0 Å². The Bertz CT molecular complexity index is 748. The molecule has 2 aromatic carbocycles. The van der Waals surface area contributed by atoms with Gasteiger partial charge in [0.1, 0.15) is 11.5 Å². The van der Waals surface area contributed by atoms with Gasteiger partial charge < -0.3 is 14.7 Å². The molecule has 9 heteroatoms. The molecule has 0 saturated carbocycles. The van der Waals surface area contributed by atoms with Gasteiger partial charge in [0.15, 0.2) is 5.34 Å². The van der Waals surface area contributed by atoms with Crippen LogP contribution in [0.4, 0.5) is 13.2 Å². The average molecular weight is 341 g/mol. The molecule has 126 valence electrons. The summed E-state index contributed by atoms with van der Waals surface area (Å²) in [6.45, 7) is 0. The van der Waals surface area contributed by atoms with Crippen LogP contribution in [0.25, 0.3) is 0 Å². The van der Waals surface area contributed by atoms with Crippen molar-refractivity contribution in [2.45, 2.75) is 12.5 Å². The lowest BCUT2D eigenvalue weighted by molar-refractivity contribution is -0.137. The first-order chi connectivity index (χ1) is 11.3. The van der Waals surface area contributed by atoms with Gasteiger partial charge in [-0.1, -0.05) is 18.2 Å². The standard InChI is InChI=1S/C15H10F3NO5/c16-15(17,18)10-4-2-6-12(8-10)23-11-5-1-3-9(7-11)13(20)14(21)24-19-22/h1-8,14,21H. The summed E-state index contributed by atoms with van der Waals surface area (Å²) >= 11 is 0. The summed E-state index contributed by atoms with van der Waals surface area (Å²) in [4.78, 5) is 25.5. The third-order valence-electron chi connectivity index (χ3n) is 2.88. The Morgan fingerprint density at radius 1 is 1.08 bits per heavy atom. The monoisotopic (exact) mass is 341 g/mol. The highest BCUT2D eigenvalue weighted by atomic mass is 19.4. The van der Waals surface area contributed by atoms with Crippen molar-refractivity contribution in [2.75, 3.05) is 0 Å². The number of hydrogen-bond donors (Lipinski definition) is 1. The number of hydrogen-bond acceptors (Lipinski definition) is 6. The predicted molar refractivity (Wildman–Crippen MR) is 75.2 cm³/mol. The first kappa shape index (κ1) is 17.4. The van der Waals surface area contributed by atoms with Gasteiger partial charge in [-0.3, -0.25) is 4.79 Å². The van der Waals surface area contributed by atoms with Crippen molar-refractivity contribution in [1.82, 2.24) is 0 Å². The SMILES string of the molecule is O=NOC(O)C(=O)c1cccc(Oc2cccc(C(F)(F)F)c2)c1. The van der Waals surface area contributed by atoms with Crippen molar-refractivity contribution in [3.8, 4) is 11.5 Å². The molecule has 0 aliphatic rings. The molecular weight excluding hydrogens is 331 g/mol. The molecular formula is C15H10F3NO5. The second-order valence-electron chi connectivity index (χ2n) is 4.55. The highest BCUT2D eigenvalue weighted by Gasteiger charge is 2.30. The topological polar surface area (TPSA) is 85.2 Å². The molecule has 0 spiro atoms. The molecule has 0 aromatic heterocycles. The number of benzene rings is 2. The Morgan fingerprint density at radius 2 is 1.71 bits per heavy atom. The number of nitrogens with zero attached hydrogens (tertiary/aromatic N) is 1. The fourth-order valence-electron chi connectivity index (χ4n) is 1.82. The van der Waals surface area contributed by atoms with Crippen LogP contribution in [0.15, 0.2) is 53.9 Å². The minimum Gasteiger partial charge on any atom is -0.457 e. The number of Topliss-reactive ketones (excluding diaryl/α,β-unsaturated/α-hetero) is 1. The molecule has 0 fully saturated rings. The first-order valence-electron chi connectivity index (χ1n) is 6.47. The summed E-state index contributed by atoms with van der Waals surface area (Å²) in [5, 5.41) is 11.2. The molecule has 24 heavy (non-hydrogen) atoms. The van der Waals surface area contributed by atoms with Crippen molar-refractivity contribution in [3.63, 3.8) is 0 Å². The van der Waals surface area contributed by atoms with E-state index in [1.165, 1.54) is 36.4 Å². The summed E-state index contributed by atoms with van der Waals surface area (Å²) in [7, 11) is 0. The van der Waals surface area contributed by atoms with Crippen LogP contribution in [0, 0.1) is 4.91 Å². The molecule has 0 aliphatic heterocycles. The number of carbonyl (C=O) groups is 1. The van der Waals surface area contributed by atoms with Crippen LogP contribution >= 0.6 is 0 Å². The molecule has 1 unspecified atom stereocenters. The van der Waals surface area contributed by atoms with Crippen LogP contribution in [-0.4, -0.2) is 17.2 Å².